The number of nitrogens with zero attached hydrogens (tertiary/aromatic N) is 2. The van der Waals surface area contributed by atoms with Gasteiger partial charge in [-0.05, 0) is 51.8 Å². The zero-order valence-electron chi connectivity index (χ0n) is 13.8. The van der Waals surface area contributed by atoms with Crippen molar-refractivity contribution in [2.75, 3.05) is 0 Å². The third kappa shape index (κ3) is 6.55. The molecule has 0 bridgehead atoms. The van der Waals surface area contributed by atoms with Crippen molar-refractivity contribution in [3.8, 4) is 12.1 Å². The Labute approximate surface area is 149 Å². The molecular weight excluding hydrogens is 377 g/mol. The number of hydrogen-bond donors (Lipinski definition) is 1. The molecule has 0 aliphatic heterocycles. The Morgan fingerprint density at radius 3 is 2.50 bits per heavy atom. The molecule has 24 heavy (non-hydrogen) atoms. The van der Waals surface area contributed by atoms with E-state index < -0.39 is 29.5 Å². The van der Waals surface area contributed by atoms with Gasteiger partial charge in [-0.15, -0.1) is 0 Å². The minimum Gasteiger partial charge on any atom is -0.444 e. The Morgan fingerprint density at radius 2 is 1.96 bits per heavy atom. The summed E-state index contributed by atoms with van der Waals surface area (Å²) in [7, 11) is 0. The Hall–Kier alpha value is -2.12. The van der Waals surface area contributed by atoms with Crippen molar-refractivity contribution in [1.82, 2.24) is 5.32 Å². The van der Waals surface area contributed by atoms with Gasteiger partial charge in [0.1, 0.15) is 17.3 Å². The molecule has 0 saturated heterocycles. The van der Waals surface area contributed by atoms with Crippen LogP contribution in [0.2, 0.25) is 0 Å². The molecule has 5 nitrogen and oxygen atoms in total. The molecule has 0 radical (unpaired) electrons. The normalized spacial score (nSPS) is 12.2. The summed E-state index contributed by atoms with van der Waals surface area (Å²) in [6.07, 6.45) is -0.241. The average molecular weight is 396 g/mol. The summed E-state index contributed by atoms with van der Waals surface area (Å²) in [4.78, 5) is 12.0. The zero-order chi connectivity index (χ0) is 18.3. The number of carbonyl (C=O) groups is 1. The number of nitriles is 2. The lowest BCUT2D eigenvalue weighted by atomic mass is 9.97. The summed E-state index contributed by atoms with van der Waals surface area (Å²) in [6, 6.07) is 7.43. The van der Waals surface area contributed by atoms with E-state index in [4.69, 9.17) is 15.3 Å². The van der Waals surface area contributed by atoms with Crippen LogP contribution in [0.1, 0.15) is 45.2 Å². The molecule has 7 heteroatoms. The van der Waals surface area contributed by atoms with Gasteiger partial charge in [-0.25, -0.2) is 9.18 Å². The van der Waals surface area contributed by atoms with Crippen molar-refractivity contribution in [3.63, 3.8) is 0 Å². The number of benzene rings is 1. The van der Waals surface area contributed by atoms with E-state index in [0.29, 0.717) is 4.47 Å². The standard InChI is InChI=1S/C17H19BrFN3O2/c1-17(2,3)24-16(23)22-15(7-4-11(9-20)10-21)13-8-12(18)5-6-14(13)19/h5-6,8,11,15H,4,7H2,1-3H3,(H,22,23). The fraction of sp³-hybridized carbons (Fsp3) is 0.471. The number of ether oxygens (including phenoxy) is 1. The Bertz CT molecular complexity index is 660. The fourth-order valence-corrected chi connectivity index (χ4v) is 2.41. The van der Waals surface area contributed by atoms with Crippen molar-refractivity contribution >= 4 is 22.0 Å². The van der Waals surface area contributed by atoms with Crippen LogP contribution < -0.4 is 5.32 Å². The van der Waals surface area contributed by atoms with E-state index in [1.54, 1.807) is 32.9 Å². The molecule has 1 aromatic carbocycles. The summed E-state index contributed by atoms with van der Waals surface area (Å²) < 4.78 is 20.0. The molecular formula is C17H19BrFN3O2. The molecule has 0 aliphatic rings. The molecule has 1 atom stereocenters. The van der Waals surface area contributed by atoms with Gasteiger partial charge in [0.2, 0.25) is 0 Å². The molecule has 0 heterocycles. The quantitative estimate of drug-likeness (QED) is 0.788. The third-order valence-electron chi connectivity index (χ3n) is 3.08. The van der Waals surface area contributed by atoms with Gasteiger partial charge in [-0.2, -0.15) is 10.5 Å². The first-order chi connectivity index (χ1) is 11.2. The van der Waals surface area contributed by atoms with Crippen molar-refractivity contribution in [2.24, 2.45) is 5.92 Å². The highest BCUT2D eigenvalue weighted by Crippen LogP contribution is 2.27. The molecule has 1 N–H and O–H groups in total. The molecule has 0 aliphatic carbocycles. The lowest BCUT2D eigenvalue weighted by Crippen LogP contribution is -2.35. The van der Waals surface area contributed by atoms with Crippen molar-refractivity contribution in [3.05, 3.63) is 34.1 Å². The van der Waals surface area contributed by atoms with Crippen LogP contribution in [-0.2, 0) is 4.74 Å². The van der Waals surface area contributed by atoms with Crippen LogP contribution in [0.4, 0.5) is 9.18 Å². The predicted octanol–water partition coefficient (Wildman–Crippen LogP) is 4.60. The molecule has 0 saturated carbocycles. The topological polar surface area (TPSA) is 85.9 Å². The van der Waals surface area contributed by atoms with Gasteiger partial charge < -0.3 is 10.1 Å². The number of rotatable bonds is 5. The first kappa shape index (κ1) is 19.9. The van der Waals surface area contributed by atoms with Gasteiger partial charge in [0.15, 0.2) is 0 Å². The van der Waals surface area contributed by atoms with Gasteiger partial charge in [0.05, 0.1) is 18.2 Å². The van der Waals surface area contributed by atoms with E-state index in [1.807, 2.05) is 12.1 Å². The van der Waals surface area contributed by atoms with E-state index in [9.17, 15) is 9.18 Å². The summed E-state index contributed by atoms with van der Waals surface area (Å²) in [6.45, 7) is 5.17. The maximum Gasteiger partial charge on any atom is 0.408 e. The minimum absolute atomic E-state index is 0.208. The monoisotopic (exact) mass is 395 g/mol. The van der Waals surface area contributed by atoms with Crippen molar-refractivity contribution in [1.29, 1.82) is 10.5 Å². The van der Waals surface area contributed by atoms with Gasteiger partial charge in [-0.1, -0.05) is 15.9 Å². The van der Waals surface area contributed by atoms with Crippen molar-refractivity contribution in [2.45, 2.75) is 45.3 Å². The summed E-state index contributed by atoms with van der Waals surface area (Å²) in [5.41, 5.74) is -0.420. The minimum atomic E-state index is -0.817. The molecule has 0 spiro atoms. The Morgan fingerprint density at radius 1 is 1.33 bits per heavy atom. The highest BCUT2D eigenvalue weighted by Gasteiger charge is 2.23. The number of hydrogen-bond acceptors (Lipinski definition) is 4. The second kappa shape index (κ2) is 8.65. The second-order valence-corrected chi connectivity index (χ2v) is 7.17. The maximum atomic E-state index is 14.2. The molecule has 1 aromatic rings. The van der Waals surface area contributed by atoms with Crippen molar-refractivity contribution < 1.29 is 13.9 Å². The lowest BCUT2D eigenvalue weighted by molar-refractivity contribution is 0.0499. The maximum absolute atomic E-state index is 14.2. The molecule has 1 rings (SSSR count). The summed E-state index contributed by atoms with van der Waals surface area (Å²) in [5.74, 6) is -1.30. The van der Waals surface area contributed by atoms with Crippen LogP contribution in [0.15, 0.2) is 22.7 Å². The Kier molecular flexibility index (Phi) is 7.18. The van der Waals surface area contributed by atoms with Crippen LogP contribution in [0.3, 0.4) is 0 Å². The van der Waals surface area contributed by atoms with Gasteiger partial charge in [-0.3, -0.25) is 0 Å². The fourth-order valence-electron chi connectivity index (χ4n) is 2.03. The van der Waals surface area contributed by atoms with Crippen LogP contribution in [-0.4, -0.2) is 11.7 Å². The van der Waals surface area contributed by atoms with Crippen LogP contribution in [0.25, 0.3) is 0 Å². The third-order valence-corrected chi connectivity index (χ3v) is 3.57. The van der Waals surface area contributed by atoms with Crippen LogP contribution >= 0.6 is 15.9 Å². The zero-order valence-corrected chi connectivity index (χ0v) is 15.4. The molecule has 1 unspecified atom stereocenters. The highest BCUT2D eigenvalue weighted by atomic mass is 79.9. The molecule has 0 aromatic heterocycles. The number of alkyl carbamates (subject to hydrolysis) is 1. The second-order valence-electron chi connectivity index (χ2n) is 6.25. The van der Waals surface area contributed by atoms with Crippen LogP contribution in [0, 0.1) is 34.4 Å². The smallest absolute Gasteiger partial charge is 0.408 e. The van der Waals surface area contributed by atoms with Gasteiger partial charge in [0, 0.05) is 10.0 Å². The number of amides is 1. The highest BCUT2D eigenvalue weighted by molar-refractivity contribution is 9.10. The SMILES string of the molecule is CC(C)(C)OC(=O)NC(CCC(C#N)C#N)c1cc(Br)ccc1F. The summed E-state index contributed by atoms with van der Waals surface area (Å²) in [5, 5.41) is 20.4. The Balaban J connectivity index is 2.99. The predicted molar refractivity (Wildman–Crippen MR) is 90.2 cm³/mol. The number of carbonyl (C=O) groups excluding carboxylic acids is 1. The first-order valence-electron chi connectivity index (χ1n) is 7.40. The van der Waals surface area contributed by atoms with E-state index in [2.05, 4.69) is 21.2 Å². The van der Waals surface area contributed by atoms with E-state index in [0.717, 1.165) is 0 Å². The lowest BCUT2D eigenvalue weighted by Gasteiger charge is -2.24. The van der Waals surface area contributed by atoms with E-state index in [-0.39, 0.29) is 18.4 Å². The van der Waals surface area contributed by atoms with Crippen LogP contribution in [0.5, 0.6) is 0 Å². The largest absolute Gasteiger partial charge is 0.444 e. The first-order valence-corrected chi connectivity index (χ1v) is 8.19. The average Bonchev–Trinajstić information content (AvgIpc) is 2.47. The number of nitrogens with one attached hydrogen (secondary N) is 1. The van der Waals surface area contributed by atoms with Gasteiger partial charge >= 0.3 is 6.09 Å². The molecule has 128 valence electrons. The number of halogens is 2. The van der Waals surface area contributed by atoms with Gasteiger partial charge in [0.25, 0.3) is 0 Å². The summed E-state index contributed by atoms with van der Waals surface area (Å²) >= 11 is 3.27. The van der Waals surface area contributed by atoms with E-state index in [1.165, 1.54) is 6.07 Å². The molecule has 1 amide bonds. The van der Waals surface area contributed by atoms with E-state index >= 15 is 0 Å². The molecule has 0 fully saturated rings.